The molecule has 0 aromatic heterocycles. The molecule has 1 atom stereocenters. The predicted molar refractivity (Wildman–Crippen MR) is 65.3 cm³/mol. The van der Waals surface area contributed by atoms with Crippen molar-refractivity contribution >= 4 is 18.4 Å². The van der Waals surface area contributed by atoms with Crippen molar-refractivity contribution < 1.29 is 29.3 Å². The number of carbonyl (C=O) groups excluding carboxylic acids is 1. The van der Waals surface area contributed by atoms with Crippen molar-refractivity contribution in [2.45, 2.75) is 31.7 Å². The monoisotopic (exact) mass is 276 g/mol. The zero-order valence-corrected chi connectivity index (χ0v) is 10.7. The number of unbranched alkanes of at least 4 members (excludes halogenated alkanes) is 1. The maximum Gasteiger partial charge on any atom is 0.317 e. The fourth-order valence-corrected chi connectivity index (χ4v) is 1.72. The second kappa shape index (κ2) is 10.3. The Morgan fingerprint density at radius 2 is 1.95 bits per heavy atom. The summed E-state index contributed by atoms with van der Waals surface area (Å²) in [5, 5.41) is 17.6. The highest BCUT2D eigenvalue weighted by Crippen LogP contribution is 2.13. The van der Waals surface area contributed by atoms with E-state index in [1.165, 1.54) is 4.90 Å². The van der Waals surface area contributed by atoms with Crippen LogP contribution in [0.15, 0.2) is 0 Å². The van der Waals surface area contributed by atoms with Gasteiger partial charge in [-0.2, -0.15) is 0 Å². The second-order valence-corrected chi connectivity index (χ2v) is 4.07. The van der Waals surface area contributed by atoms with Crippen LogP contribution >= 0.6 is 0 Å². The Bertz CT molecular complexity index is 297. The minimum absolute atomic E-state index is 0.201. The van der Waals surface area contributed by atoms with Gasteiger partial charge in [0.25, 0.3) is 6.47 Å². The van der Waals surface area contributed by atoms with Gasteiger partial charge in [-0.05, 0) is 19.4 Å². The van der Waals surface area contributed by atoms with Gasteiger partial charge in [0.1, 0.15) is 6.73 Å². The van der Waals surface area contributed by atoms with Crippen LogP contribution in [0.4, 0.5) is 0 Å². The Morgan fingerprint density at radius 3 is 2.42 bits per heavy atom. The van der Waals surface area contributed by atoms with Crippen molar-refractivity contribution in [2.75, 3.05) is 19.8 Å². The fraction of sp³-hybridized carbons (Fsp3) is 0.727. The standard InChI is InChI=1S/C11H20N2O6/c12-4-2-1-3-9(5-10(15)16)13(6-11(17)18)7-19-8-14/h8-9H,1-7,12H2,(H,15,16)(H,17,18)/t9-/m0/s1. The van der Waals surface area contributed by atoms with Crippen molar-refractivity contribution in [3.8, 4) is 0 Å². The highest BCUT2D eigenvalue weighted by Gasteiger charge is 2.23. The van der Waals surface area contributed by atoms with E-state index in [9.17, 15) is 14.4 Å². The summed E-state index contributed by atoms with van der Waals surface area (Å²) >= 11 is 0. The third kappa shape index (κ3) is 8.97. The molecule has 110 valence electrons. The molecule has 8 nitrogen and oxygen atoms in total. The Kier molecular flexibility index (Phi) is 9.37. The molecule has 0 aliphatic rings. The van der Waals surface area contributed by atoms with E-state index in [1.807, 2.05) is 0 Å². The molecule has 0 saturated carbocycles. The summed E-state index contributed by atoms with van der Waals surface area (Å²) in [7, 11) is 0. The molecule has 8 heteroatoms. The average Bonchev–Trinajstić information content (AvgIpc) is 2.32. The molecule has 4 N–H and O–H groups in total. The number of carboxylic acids is 2. The van der Waals surface area contributed by atoms with E-state index in [0.29, 0.717) is 19.4 Å². The minimum atomic E-state index is -1.11. The molecule has 0 radical (unpaired) electrons. The Balaban J connectivity index is 4.60. The molecule has 0 aliphatic heterocycles. The number of aliphatic carboxylic acids is 2. The van der Waals surface area contributed by atoms with E-state index in [1.54, 1.807) is 0 Å². The van der Waals surface area contributed by atoms with E-state index in [0.717, 1.165) is 6.42 Å². The third-order valence-corrected chi connectivity index (χ3v) is 2.56. The minimum Gasteiger partial charge on any atom is -0.481 e. The van der Waals surface area contributed by atoms with Gasteiger partial charge in [-0.15, -0.1) is 0 Å². The highest BCUT2D eigenvalue weighted by molar-refractivity contribution is 5.70. The van der Waals surface area contributed by atoms with Crippen LogP contribution in [-0.2, 0) is 19.1 Å². The molecule has 0 amide bonds. The van der Waals surface area contributed by atoms with Gasteiger partial charge in [0, 0.05) is 6.04 Å². The quantitative estimate of drug-likeness (QED) is 0.246. The van der Waals surface area contributed by atoms with Crippen molar-refractivity contribution in [3.05, 3.63) is 0 Å². The molecule has 0 aromatic carbocycles. The van der Waals surface area contributed by atoms with Gasteiger partial charge < -0.3 is 20.7 Å². The van der Waals surface area contributed by atoms with Gasteiger partial charge in [-0.3, -0.25) is 19.3 Å². The third-order valence-electron chi connectivity index (χ3n) is 2.56. The van der Waals surface area contributed by atoms with Crippen molar-refractivity contribution in [1.29, 1.82) is 0 Å². The lowest BCUT2D eigenvalue weighted by Crippen LogP contribution is -2.41. The lowest BCUT2D eigenvalue weighted by molar-refractivity contribution is -0.147. The molecule has 0 rings (SSSR count). The van der Waals surface area contributed by atoms with Crippen molar-refractivity contribution in [1.82, 2.24) is 4.90 Å². The Hall–Kier alpha value is -1.67. The average molecular weight is 276 g/mol. The molecular weight excluding hydrogens is 256 g/mol. The van der Waals surface area contributed by atoms with Crippen molar-refractivity contribution in [2.24, 2.45) is 5.73 Å². The first-order chi connectivity index (χ1) is 9.01. The van der Waals surface area contributed by atoms with Gasteiger partial charge in [0.2, 0.25) is 0 Å². The number of nitrogens with two attached hydrogens (primary N) is 1. The normalized spacial score (nSPS) is 12.1. The van der Waals surface area contributed by atoms with Crippen LogP contribution in [0.5, 0.6) is 0 Å². The molecule has 0 fully saturated rings. The van der Waals surface area contributed by atoms with E-state index in [2.05, 4.69) is 4.74 Å². The number of carboxylic acid groups (broad SMARTS) is 2. The van der Waals surface area contributed by atoms with Crippen LogP contribution < -0.4 is 5.73 Å². The molecule has 0 heterocycles. The number of nitrogens with zero attached hydrogens (tertiary/aromatic N) is 1. The summed E-state index contributed by atoms with van der Waals surface area (Å²) < 4.78 is 4.53. The predicted octanol–water partition coefficient (Wildman–Crippen LogP) is -0.524. The Labute approximate surface area is 111 Å². The van der Waals surface area contributed by atoms with E-state index < -0.39 is 18.0 Å². The number of rotatable bonds is 12. The van der Waals surface area contributed by atoms with Crippen molar-refractivity contribution in [3.63, 3.8) is 0 Å². The first kappa shape index (κ1) is 17.3. The summed E-state index contributed by atoms with van der Waals surface area (Å²) in [6.45, 7) is 0.0703. The maximum atomic E-state index is 10.8. The number of hydrogen-bond donors (Lipinski definition) is 3. The number of ether oxygens (including phenoxy) is 1. The van der Waals surface area contributed by atoms with Crippen LogP contribution in [0.2, 0.25) is 0 Å². The van der Waals surface area contributed by atoms with Gasteiger partial charge >= 0.3 is 11.9 Å². The lowest BCUT2D eigenvalue weighted by atomic mass is 10.0. The maximum absolute atomic E-state index is 10.8. The van der Waals surface area contributed by atoms with E-state index in [-0.39, 0.29) is 26.2 Å². The smallest absolute Gasteiger partial charge is 0.317 e. The zero-order valence-electron chi connectivity index (χ0n) is 10.7. The summed E-state index contributed by atoms with van der Waals surface area (Å²) in [4.78, 5) is 33.0. The molecule has 0 aliphatic carbocycles. The first-order valence-electron chi connectivity index (χ1n) is 5.94. The Morgan fingerprint density at radius 1 is 1.26 bits per heavy atom. The molecule has 0 aromatic rings. The topological polar surface area (TPSA) is 130 Å². The van der Waals surface area contributed by atoms with E-state index in [4.69, 9.17) is 15.9 Å². The molecule has 19 heavy (non-hydrogen) atoms. The molecule has 0 saturated heterocycles. The van der Waals surface area contributed by atoms with Gasteiger partial charge in [0.15, 0.2) is 0 Å². The van der Waals surface area contributed by atoms with Crippen LogP contribution in [0.25, 0.3) is 0 Å². The van der Waals surface area contributed by atoms with Gasteiger partial charge in [-0.1, -0.05) is 6.42 Å². The SMILES string of the molecule is NCCCC[C@@H](CC(=O)O)N(COC=O)CC(=O)O. The van der Waals surface area contributed by atoms with Gasteiger partial charge in [0.05, 0.1) is 13.0 Å². The van der Waals surface area contributed by atoms with Gasteiger partial charge in [-0.25, -0.2) is 0 Å². The van der Waals surface area contributed by atoms with Crippen LogP contribution in [0.3, 0.4) is 0 Å². The largest absolute Gasteiger partial charge is 0.481 e. The summed E-state index contributed by atoms with van der Waals surface area (Å²) in [5.41, 5.74) is 5.36. The first-order valence-corrected chi connectivity index (χ1v) is 5.94. The summed E-state index contributed by atoms with van der Waals surface area (Å²) in [6, 6.07) is -0.500. The molecular formula is C11H20N2O6. The molecule has 0 unspecified atom stereocenters. The number of hydrogen-bond acceptors (Lipinski definition) is 6. The highest BCUT2D eigenvalue weighted by atomic mass is 16.5. The van der Waals surface area contributed by atoms with Crippen LogP contribution in [0, 0.1) is 0 Å². The molecule has 0 bridgehead atoms. The summed E-state index contributed by atoms with van der Waals surface area (Å²) in [6.07, 6.45) is 1.69. The second-order valence-electron chi connectivity index (χ2n) is 4.07. The summed E-state index contributed by atoms with van der Waals surface area (Å²) in [5.74, 6) is -2.14. The molecule has 0 spiro atoms. The fourth-order valence-electron chi connectivity index (χ4n) is 1.72. The van der Waals surface area contributed by atoms with E-state index >= 15 is 0 Å². The lowest BCUT2D eigenvalue weighted by Gasteiger charge is -2.28. The van der Waals surface area contributed by atoms with Crippen LogP contribution in [0.1, 0.15) is 25.7 Å². The number of carbonyl (C=O) groups is 3. The zero-order chi connectivity index (χ0) is 14.7. The van der Waals surface area contributed by atoms with Crippen LogP contribution in [-0.4, -0.2) is 59.4 Å².